The second-order valence-electron chi connectivity index (χ2n) is 7.15. The van der Waals surface area contributed by atoms with Crippen molar-refractivity contribution in [3.8, 4) is 0 Å². The molecule has 4 rings (SSSR count). The van der Waals surface area contributed by atoms with Gasteiger partial charge in [-0.1, -0.05) is 30.3 Å². The molecule has 2 amide bonds. The zero-order valence-electron chi connectivity index (χ0n) is 16.6. The number of imidazole rings is 1. The number of nitrogens with one attached hydrogen (secondary N) is 1. The smallest absolute Gasteiger partial charge is 0.303 e. The van der Waals surface area contributed by atoms with Crippen LogP contribution in [0.25, 0.3) is 11.0 Å². The molecule has 1 aliphatic rings. The maximum atomic E-state index is 13.0. The molecule has 1 unspecified atom stereocenters. The quantitative estimate of drug-likeness (QED) is 0.670. The lowest BCUT2D eigenvalue weighted by atomic mass is 10.1. The molecule has 1 saturated heterocycles. The normalized spacial score (nSPS) is 15.1. The molecule has 1 fully saturated rings. The van der Waals surface area contributed by atoms with Crippen LogP contribution in [-0.4, -0.2) is 63.7 Å². The van der Waals surface area contributed by atoms with Gasteiger partial charge in [0.1, 0.15) is 0 Å². The van der Waals surface area contributed by atoms with E-state index in [1.165, 1.54) is 6.92 Å². The van der Waals surface area contributed by atoms with E-state index >= 15 is 0 Å². The number of nitrogens with zero attached hydrogens (tertiary/aromatic N) is 3. The first-order valence-electron chi connectivity index (χ1n) is 9.76. The molecular weight excluding hydrogens is 384 g/mol. The summed E-state index contributed by atoms with van der Waals surface area (Å²) in [4.78, 5) is 48.0. The van der Waals surface area contributed by atoms with Crippen LogP contribution in [0.4, 0.5) is 0 Å². The van der Waals surface area contributed by atoms with Gasteiger partial charge in [-0.15, -0.1) is 0 Å². The summed E-state index contributed by atoms with van der Waals surface area (Å²) < 4.78 is 5.31. The first-order chi connectivity index (χ1) is 14.5. The van der Waals surface area contributed by atoms with E-state index in [0.29, 0.717) is 37.3 Å². The summed E-state index contributed by atoms with van der Waals surface area (Å²) in [5.41, 5.74) is 2.82. The summed E-state index contributed by atoms with van der Waals surface area (Å²) in [6.45, 7) is 2.86. The van der Waals surface area contributed by atoms with Crippen LogP contribution < -0.4 is 0 Å². The Balaban J connectivity index is 1.43. The molecule has 8 nitrogen and oxygen atoms in total. The van der Waals surface area contributed by atoms with Crippen LogP contribution in [0.5, 0.6) is 0 Å². The molecule has 3 aromatic rings. The number of carbonyl (C=O) groups is 3. The third kappa shape index (κ3) is 4.03. The number of benzene rings is 2. The Hall–Kier alpha value is -3.68. The molecule has 2 heterocycles. The molecule has 30 heavy (non-hydrogen) atoms. The van der Waals surface area contributed by atoms with Gasteiger partial charge in [-0.05, 0) is 18.2 Å². The van der Waals surface area contributed by atoms with Crippen molar-refractivity contribution in [1.82, 2.24) is 19.8 Å². The Kier molecular flexibility index (Phi) is 5.47. The largest absolute Gasteiger partial charge is 0.447 e. The molecule has 0 spiro atoms. The van der Waals surface area contributed by atoms with Crippen molar-refractivity contribution in [3.05, 3.63) is 66.0 Å². The van der Waals surface area contributed by atoms with Crippen molar-refractivity contribution in [2.75, 3.05) is 26.2 Å². The minimum Gasteiger partial charge on any atom is -0.447 e. The van der Waals surface area contributed by atoms with E-state index in [0.717, 1.165) is 11.0 Å². The van der Waals surface area contributed by atoms with Gasteiger partial charge in [0, 0.05) is 44.2 Å². The number of hydrogen-bond acceptors (Lipinski definition) is 5. The van der Waals surface area contributed by atoms with E-state index in [-0.39, 0.29) is 11.8 Å². The van der Waals surface area contributed by atoms with E-state index in [1.807, 2.05) is 12.1 Å². The highest BCUT2D eigenvalue weighted by atomic mass is 16.5. The van der Waals surface area contributed by atoms with Crippen molar-refractivity contribution in [2.24, 2.45) is 0 Å². The summed E-state index contributed by atoms with van der Waals surface area (Å²) in [6.07, 6.45) is 0.615. The zero-order valence-corrected chi connectivity index (χ0v) is 16.6. The minimum atomic E-state index is -0.978. The number of aromatic nitrogens is 2. The predicted octanol–water partition coefficient (Wildman–Crippen LogP) is 2.15. The molecule has 0 radical (unpaired) electrons. The number of carbonyl (C=O) groups excluding carboxylic acids is 3. The SMILES string of the molecule is CC(=O)OC(C(=O)N1CCN(C(=O)c2ccc3nc[nH]c3c2)CC1)c1ccccc1. The van der Waals surface area contributed by atoms with Crippen LogP contribution in [0, 0.1) is 0 Å². The zero-order chi connectivity index (χ0) is 21.1. The van der Waals surface area contributed by atoms with E-state index in [1.54, 1.807) is 52.5 Å². The molecule has 1 N–H and O–H groups in total. The Morgan fingerprint density at radius 3 is 2.40 bits per heavy atom. The van der Waals surface area contributed by atoms with Gasteiger partial charge in [-0.2, -0.15) is 0 Å². The van der Waals surface area contributed by atoms with Crippen molar-refractivity contribution < 1.29 is 19.1 Å². The highest BCUT2D eigenvalue weighted by Gasteiger charge is 2.32. The van der Waals surface area contributed by atoms with Crippen LogP contribution >= 0.6 is 0 Å². The number of ether oxygens (including phenoxy) is 1. The fraction of sp³-hybridized carbons (Fsp3) is 0.273. The molecule has 154 valence electrons. The van der Waals surface area contributed by atoms with Crippen LogP contribution in [-0.2, 0) is 14.3 Å². The molecule has 1 aromatic heterocycles. The van der Waals surface area contributed by atoms with Gasteiger partial charge in [-0.3, -0.25) is 14.4 Å². The third-order valence-corrected chi connectivity index (χ3v) is 5.16. The second-order valence-corrected chi connectivity index (χ2v) is 7.15. The van der Waals surface area contributed by atoms with Crippen LogP contribution in [0.3, 0.4) is 0 Å². The van der Waals surface area contributed by atoms with Gasteiger partial charge in [0.25, 0.3) is 11.8 Å². The van der Waals surface area contributed by atoms with E-state index in [2.05, 4.69) is 9.97 Å². The standard InChI is InChI=1S/C22H22N4O4/c1-15(27)30-20(16-5-3-2-4-6-16)22(29)26-11-9-25(10-12-26)21(28)17-7-8-18-19(13-17)24-14-23-18/h2-8,13-14,20H,9-12H2,1H3,(H,23,24). The second kappa shape index (κ2) is 8.36. The molecule has 1 atom stereocenters. The number of hydrogen-bond donors (Lipinski definition) is 1. The lowest BCUT2D eigenvalue weighted by Gasteiger charge is -2.36. The average Bonchev–Trinajstić information content (AvgIpc) is 3.25. The van der Waals surface area contributed by atoms with Crippen molar-refractivity contribution in [1.29, 1.82) is 0 Å². The van der Waals surface area contributed by atoms with Gasteiger partial charge < -0.3 is 19.5 Å². The fourth-order valence-corrected chi connectivity index (χ4v) is 3.60. The monoisotopic (exact) mass is 406 g/mol. The molecule has 1 aliphatic heterocycles. The fourth-order valence-electron chi connectivity index (χ4n) is 3.60. The average molecular weight is 406 g/mol. The van der Waals surface area contributed by atoms with Crippen molar-refractivity contribution in [2.45, 2.75) is 13.0 Å². The lowest BCUT2D eigenvalue weighted by molar-refractivity contribution is -0.160. The highest BCUT2D eigenvalue weighted by molar-refractivity contribution is 5.97. The lowest BCUT2D eigenvalue weighted by Crippen LogP contribution is -2.52. The number of H-pyrrole nitrogens is 1. The number of fused-ring (bicyclic) bond motifs is 1. The van der Waals surface area contributed by atoms with E-state index in [9.17, 15) is 14.4 Å². The molecule has 0 saturated carbocycles. The first kappa shape index (κ1) is 19.6. The number of piperazine rings is 1. The van der Waals surface area contributed by atoms with Crippen LogP contribution in [0.1, 0.15) is 28.9 Å². The first-order valence-corrected chi connectivity index (χ1v) is 9.76. The van der Waals surface area contributed by atoms with Gasteiger partial charge in [0.05, 0.1) is 17.4 Å². The predicted molar refractivity (Wildman–Crippen MR) is 110 cm³/mol. The minimum absolute atomic E-state index is 0.0850. The molecule has 0 aliphatic carbocycles. The Bertz CT molecular complexity index is 1070. The van der Waals surface area contributed by atoms with Crippen LogP contribution in [0.15, 0.2) is 54.9 Å². The molecule has 8 heteroatoms. The Labute approximate surface area is 173 Å². The summed E-state index contributed by atoms with van der Waals surface area (Å²) in [7, 11) is 0. The van der Waals surface area contributed by atoms with Crippen LogP contribution in [0.2, 0.25) is 0 Å². The van der Waals surface area contributed by atoms with Gasteiger partial charge in [0.2, 0.25) is 6.10 Å². The highest BCUT2D eigenvalue weighted by Crippen LogP contribution is 2.22. The molecule has 2 aromatic carbocycles. The molecule has 0 bridgehead atoms. The third-order valence-electron chi connectivity index (χ3n) is 5.16. The van der Waals surface area contributed by atoms with E-state index in [4.69, 9.17) is 4.74 Å². The summed E-state index contributed by atoms with van der Waals surface area (Å²) in [5.74, 6) is -0.874. The summed E-state index contributed by atoms with van der Waals surface area (Å²) in [5, 5.41) is 0. The Morgan fingerprint density at radius 2 is 1.70 bits per heavy atom. The molecular formula is C22H22N4O4. The number of rotatable bonds is 4. The van der Waals surface area contributed by atoms with Crippen molar-refractivity contribution in [3.63, 3.8) is 0 Å². The van der Waals surface area contributed by atoms with Gasteiger partial charge >= 0.3 is 5.97 Å². The van der Waals surface area contributed by atoms with Gasteiger partial charge in [0.15, 0.2) is 0 Å². The number of esters is 1. The summed E-state index contributed by atoms with van der Waals surface area (Å²) >= 11 is 0. The number of aromatic amines is 1. The maximum absolute atomic E-state index is 13.0. The maximum Gasteiger partial charge on any atom is 0.303 e. The Morgan fingerprint density at radius 1 is 1.00 bits per heavy atom. The topological polar surface area (TPSA) is 95.6 Å². The number of amides is 2. The van der Waals surface area contributed by atoms with Gasteiger partial charge in [-0.25, -0.2) is 4.98 Å². The van der Waals surface area contributed by atoms with E-state index < -0.39 is 12.1 Å². The van der Waals surface area contributed by atoms with Crippen molar-refractivity contribution >= 4 is 28.8 Å². The summed E-state index contributed by atoms with van der Waals surface area (Å²) in [6, 6.07) is 14.3.